The van der Waals surface area contributed by atoms with Crippen molar-refractivity contribution >= 4 is 15.2 Å². The monoisotopic (exact) mass is 480 g/mol. The molecule has 0 bridgehead atoms. The van der Waals surface area contributed by atoms with Crippen LogP contribution in [0.15, 0.2) is 20.8 Å². The number of allylic oxidation sites excluding steroid dienone is 4. The van der Waals surface area contributed by atoms with E-state index in [2.05, 4.69) is 98.6 Å². The maximum Gasteiger partial charge on any atom is -1.00 e. The largest absolute Gasteiger partial charge is 1.00 e. The van der Waals surface area contributed by atoms with Crippen molar-refractivity contribution in [3.8, 4) is 0 Å². The molecule has 1 aliphatic rings. The Morgan fingerprint density at radius 3 is 1.36 bits per heavy atom. The topological polar surface area (TPSA) is 0 Å². The molecular formula is C19H36Cl3CrPSi. The van der Waals surface area contributed by atoms with Gasteiger partial charge in [-0.1, -0.05) is 0 Å². The van der Waals surface area contributed by atoms with Crippen molar-refractivity contribution in [2.24, 2.45) is 5.41 Å². The molecule has 0 aliphatic heterocycles. The molecule has 0 amide bonds. The maximum atomic E-state index is 3.49. The SMILES string of the molecule is CC1=C(C)C(C)(C)[C]([Cr+3])=C1[Si](C)(C)P(C(C)(C)C)C(C)(C)C.[Cl-].[Cl-].[Cl-]. The van der Waals surface area contributed by atoms with E-state index in [9.17, 15) is 0 Å². The summed E-state index contributed by atoms with van der Waals surface area (Å²) in [6, 6.07) is 0. The number of rotatable bonds is 2. The molecule has 25 heavy (non-hydrogen) atoms. The molecule has 0 unspecified atom stereocenters. The summed E-state index contributed by atoms with van der Waals surface area (Å²) in [5.41, 5.74) is 3.34. The molecule has 0 saturated carbocycles. The van der Waals surface area contributed by atoms with Crippen molar-refractivity contribution in [1.29, 1.82) is 0 Å². The Hall–Kier alpha value is 1.53. The van der Waals surface area contributed by atoms with Crippen molar-refractivity contribution < 1.29 is 53.5 Å². The van der Waals surface area contributed by atoms with Crippen LogP contribution in [-0.2, 0) is 16.3 Å². The molecular weight excluding hydrogens is 446 g/mol. The minimum absolute atomic E-state index is 0. The van der Waals surface area contributed by atoms with Gasteiger partial charge in [0.05, 0.1) is 0 Å². The summed E-state index contributed by atoms with van der Waals surface area (Å²) in [6.07, 6.45) is 0. The van der Waals surface area contributed by atoms with E-state index in [-0.39, 0.29) is 50.1 Å². The molecule has 0 aromatic rings. The molecule has 6 heteroatoms. The fourth-order valence-electron chi connectivity index (χ4n) is 4.84. The standard InChI is InChI=1S/C19H36PSi.3ClH.Cr/c1-14-15(2)19(9,10)13-16(14)21(11,12)20(17(3,4)5)18(6,7)8;;;;/h1-12H3;3*1H;/q;;;;+3/p-3. The predicted octanol–water partition coefficient (Wildman–Crippen LogP) is -2.00. The van der Waals surface area contributed by atoms with Crippen molar-refractivity contribution in [3.63, 3.8) is 0 Å². The first-order valence-electron chi connectivity index (χ1n) is 8.37. The first-order chi connectivity index (χ1) is 9.46. The zero-order chi connectivity index (χ0) is 17.9. The number of hydrogen-bond acceptors (Lipinski definition) is 0. The van der Waals surface area contributed by atoms with E-state index in [1.807, 2.05) is 0 Å². The van der Waals surface area contributed by atoms with E-state index in [0.717, 1.165) is 0 Å². The van der Waals surface area contributed by atoms with Gasteiger partial charge >= 0.3 is 150 Å². The van der Waals surface area contributed by atoms with Gasteiger partial charge in [-0.15, -0.1) is 0 Å². The summed E-state index contributed by atoms with van der Waals surface area (Å²) < 4.78 is 1.53. The summed E-state index contributed by atoms with van der Waals surface area (Å²) >= 11 is 3.49. The second-order valence-electron chi connectivity index (χ2n) is 9.82. The quantitative estimate of drug-likeness (QED) is 0.316. The van der Waals surface area contributed by atoms with Crippen molar-refractivity contribution in [2.75, 3.05) is 0 Å². The van der Waals surface area contributed by atoms with Gasteiger partial charge in [-0.05, 0) is 0 Å². The van der Waals surface area contributed by atoms with Crippen LogP contribution in [0.2, 0.25) is 13.1 Å². The summed E-state index contributed by atoms with van der Waals surface area (Å²) in [6.45, 7) is 29.5. The van der Waals surface area contributed by atoms with Gasteiger partial charge in [0.25, 0.3) is 0 Å². The molecule has 1 rings (SSSR count). The molecule has 0 radical (unpaired) electrons. The Morgan fingerprint density at radius 1 is 0.840 bits per heavy atom. The maximum absolute atomic E-state index is 3.49. The minimum atomic E-state index is -1.57. The average Bonchev–Trinajstić information content (AvgIpc) is 2.35. The van der Waals surface area contributed by atoms with E-state index in [1.54, 1.807) is 16.3 Å². The molecule has 0 spiro atoms. The zero-order valence-electron chi connectivity index (χ0n) is 18.0. The Balaban J connectivity index is -0.00000161. The summed E-state index contributed by atoms with van der Waals surface area (Å²) in [7, 11) is -1.66. The van der Waals surface area contributed by atoms with Crippen molar-refractivity contribution in [3.05, 3.63) is 20.8 Å². The molecule has 0 aromatic carbocycles. The van der Waals surface area contributed by atoms with E-state index in [1.165, 1.54) is 4.44 Å². The van der Waals surface area contributed by atoms with Gasteiger partial charge in [0.2, 0.25) is 0 Å². The number of halogens is 3. The van der Waals surface area contributed by atoms with Gasteiger partial charge in [-0.2, -0.15) is 0 Å². The smallest absolute Gasteiger partial charge is 1.00 e. The Morgan fingerprint density at radius 2 is 1.16 bits per heavy atom. The van der Waals surface area contributed by atoms with Gasteiger partial charge in [0.1, 0.15) is 0 Å². The van der Waals surface area contributed by atoms with Crippen LogP contribution >= 0.6 is 7.47 Å². The van der Waals surface area contributed by atoms with E-state index < -0.39 is 7.74 Å². The minimum Gasteiger partial charge on any atom is -1.00 e. The molecule has 0 atom stereocenters. The first kappa shape index (κ1) is 31.2. The Kier molecular flexibility index (Phi) is 11.7. The Labute approximate surface area is 186 Å². The molecule has 0 nitrogen and oxygen atoms in total. The third kappa shape index (κ3) is 5.76. The fourth-order valence-corrected chi connectivity index (χ4v) is 26.0. The van der Waals surface area contributed by atoms with Crippen molar-refractivity contribution in [1.82, 2.24) is 0 Å². The van der Waals surface area contributed by atoms with Crippen LogP contribution in [0, 0.1) is 5.41 Å². The van der Waals surface area contributed by atoms with E-state index >= 15 is 0 Å². The molecule has 0 saturated heterocycles. The molecule has 0 N–H and O–H groups in total. The molecule has 0 aromatic heterocycles. The van der Waals surface area contributed by atoms with Crippen LogP contribution in [0.4, 0.5) is 0 Å². The second kappa shape index (κ2) is 9.35. The number of hydrogen-bond donors (Lipinski definition) is 0. The van der Waals surface area contributed by atoms with Crippen molar-refractivity contribution in [2.45, 2.75) is 92.6 Å². The third-order valence-corrected chi connectivity index (χ3v) is 20.3. The van der Waals surface area contributed by atoms with Crippen LogP contribution in [0.1, 0.15) is 69.2 Å². The van der Waals surface area contributed by atoms with Gasteiger partial charge in [0, 0.05) is 0 Å². The zero-order valence-corrected chi connectivity index (χ0v) is 23.4. The van der Waals surface area contributed by atoms with Crippen LogP contribution in [0.3, 0.4) is 0 Å². The molecule has 0 heterocycles. The van der Waals surface area contributed by atoms with E-state index in [4.69, 9.17) is 0 Å². The van der Waals surface area contributed by atoms with Crippen LogP contribution in [0.5, 0.6) is 0 Å². The molecule has 1 aliphatic carbocycles. The van der Waals surface area contributed by atoms with Gasteiger partial charge < -0.3 is 37.2 Å². The van der Waals surface area contributed by atoms with Gasteiger partial charge in [-0.3, -0.25) is 0 Å². The second-order valence-corrected chi connectivity index (χ2v) is 22.1. The molecule has 148 valence electrons. The van der Waals surface area contributed by atoms with Crippen LogP contribution in [-0.4, -0.2) is 18.1 Å². The summed E-state index contributed by atoms with van der Waals surface area (Å²) in [5, 5.41) is 2.50. The fraction of sp³-hybridized carbons (Fsp3) is 0.789. The molecule has 0 fully saturated rings. The summed E-state index contributed by atoms with van der Waals surface area (Å²) in [4.78, 5) is 0. The van der Waals surface area contributed by atoms with E-state index in [0.29, 0.717) is 10.3 Å². The van der Waals surface area contributed by atoms with Crippen LogP contribution in [0.25, 0.3) is 0 Å². The average molecular weight is 482 g/mol. The van der Waals surface area contributed by atoms with Gasteiger partial charge in [0.15, 0.2) is 0 Å². The normalized spacial score (nSPS) is 17.9. The predicted molar refractivity (Wildman–Crippen MR) is 103 cm³/mol. The summed E-state index contributed by atoms with van der Waals surface area (Å²) in [5.74, 6) is 0. The first-order valence-corrected chi connectivity index (χ1v) is 14.2. The third-order valence-electron chi connectivity index (χ3n) is 5.18. The van der Waals surface area contributed by atoms with Crippen LogP contribution < -0.4 is 37.2 Å². The Bertz CT molecular complexity index is 524. The van der Waals surface area contributed by atoms with Gasteiger partial charge in [-0.25, -0.2) is 0 Å².